The number of anilines is 1. The zero-order valence-electron chi connectivity index (χ0n) is 12.3. The minimum atomic E-state index is -0.256. The van der Waals surface area contributed by atoms with Gasteiger partial charge in [0.2, 0.25) is 0 Å². The smallest absolute Gasteiger partial charge is 0.291 e. The van der Waals surface area contributed by atoms with E-state index in [-0.39, 0.29) is 5.91 Å². The van der Waals surface area contributed by atoms with Crippen LogP contribution in [0.3, 0.4) is 0 Å². The number of amides is 1. The maximum absolute atomic E-state index is 12.1. The average Bonchev–Trinajstić information content (AvgIpc) is 2.88. The lowest BCUT2D eigenvalue weighted by Gasteiger charge is -2.06. The van der Waals surface area contributed by atoms with Crippen molar-refractivity contribution in [3.8, 4) is 5.75 Å². The van der Waals surface area contributed by atoms with Crippen LogP contribution in [0.4, 0.5) is 5.69 Å². The quantitative estimate of drug-likeness (QED) is 0.856. The summed E-state index contributed by atoms with van der Waals surface area (Å²) in [4.78, 5) is 12.1. The Balaban J connectivity index is 2.01. The molecule has 0 bridgehead atoms. The van der Waals surface area contributed by atoms with Crippen molar-refractivity contribution in [3.63, 3.8) is 0 Å². The van der Waals surface area contributed by atoms with Gasteiger partial charge in [0.15, 0.2) is 5.76 Å². The summed E-state index contributed by atoms with van der Waals surface area (Å²) in [5, 5.41) is 2.79. The fourth-order valence-corrected chi connectivity index (χ4v) is 1.99. The number of hydrogen-bond donors (Lipinski definition) is 2. The molecule has 5 heteroatoms. The summed E-state index contributed by atoms with van der Waals surface area (Å²) in [5.74, 6) is 1.63. The van der Waals surface area contributed by atoms with Crippen LogP contribution in [0, 0.1) is 6.92 Å². The second-order valence-corrected chi connectivity index (χ2v) is 4.69. The van der Waals surface area contributed by atoms with Gasteiger partial charge in [0.25, 0.3) is 5.91 Å². The Labute approximate surface area is 124 Å². The van der Waals surface area contributed by atoms with Crippen LogP contribution < -0.4 is 15.8 Å². The summed E-state index contributed by atoms with van der Waals surface area (Å²) < 4.78 is 10.9. The van der Waals surface area contributed by atoms with Gasteiger partial charge in [-0.2, -0.15) is 0 Å². The lowest BCUT2D eigenvalue weighted by molar-refractivity contribution is 0.0995. The van der Waals surface area contributed by atoms with E-state index in [4.69, 9.17) is 14.9 Å². The molecule has 1 heterocycles. The second-order valence-electron chi connectivity index (χ2n) is 4.69. The molecule has 0 aliphatic carbocycles. The number of carbonyl (C=O) groups excluding carboxylic acids is 1. The van der Waals surface area contributed by atoms with E-state index in [0.29, 0.717) is 24.6 Å². The first-order chi connectivity index (χ1) is 10.1. The molecule has 2 rings (SSSR count). The van der Waals surface area contributed by atoms with Gasteiger partial charge in [-0.05, 0) is 42.8 Å². The summed E-state index contributed by atoms with van der Waals surface area (Å²) in [5.41, 5.74) is 7.05. The summed E-state index contributed by atoms with van der Waals surface area (Å²) in [7, 11) is 0. The van der Waals surface area contributed by atoms with E-state index in [1.165, 1.54) is 0 Å². The van der Waals surface area contributed by atoms with E-state index in [1.54, 1.807) is 30.3 Å². The van der Waals surface area contributed by atoms with Crippen LogP contribution in [0.5, 0.6) is 5.75 Å². The molecule has 3 N–H and O–H groups in total. The van der Waals surface area contributed by atoms with E-state index in [1.807, 2.05) is 13.8 Å². The number of furan rings is 1. The van der Waals surface area contributed by atoms with Gasteiger partial charge in [-0.15, -0.1) is 0 Å². The highest BCUT2D eigenvalue weighted by Crippen LogP contribution is 2.19. The normalized spacial score (nSPS) is 10.4. The van der Waals surface area contributed by atoms with Crippen molar-refractivity contribution in [2.45, 2.75) is 20.3 Å². The molecule has 2 aromatic rings. The third-order valence-corrected chi connectivity index (χ3v) is 3.06. The van der Waals surface area contributed by atoms with E-state index >= 15 is 0 Å². The summed E-state index contributed by atoms with van der Waals surface area (Å²) in [6, 6.07) is 8.89. The Morgan fingerprint density at radius 3 is 2.62 bits per heavy atom. The van der Waals surface area contributed by atoms with Crippen LogP contribution in [0.25, 0.3) is 0 Å². The number of rotatable bonds is 6. The monoisotopic (exact) mass is 288 g/mol. The second kappa shape index (κ2) is 6.95. The first kappa shape index (κ1) is 15.1. The predicted molar refractivity (Wildman–Crippen MR) is 81.8 cm³/mol. The number of nitrogens with two attached hydrogens (primary N) is 1. The van der Waals surface area contributed by atoms with Gasteiger partial charge < -0.3 is 20.2 Å². The van der Waals surface area contributed by atoms with E-state index < -0.39 is 0 Å². The molecule has 1 aromatic heterocycles. The molecule has 0 aliphatic rings. The van der Waals surface area contributed by atoms with Gasteiger partial charge in [-0.3, -0.25) is 4.79 Å². The molecule has 112 valence electrons. The lowest BCUT2D eigenvalue weighted by Crippen LogP contribution is -2.11. The molecule has 0 atom stereocenters. The van der Waals surface area contributed by atoms with Gasteiger partial charge in [0, 0.05) is 18.7 Å². The van der Waals surface area contributed by atoms with Crippen LogP contribution in [0.2, 0.25) is 0 Å². The van der Waals surface area contributed by atoms with Crippen LogP contribution in [-0.2, 0) is 6.42 Å². The summed E-state index contributed by atoms with van der Waals surface area (Å²) in [6.45, 7) is 4.86. The number of hydrogen-bond acceptors (Lipinski definition) is 4. The molecule has 5 nitrogen and oxygen atoms in total. The molecule has 0 spiro atoms. The molecule has 0 saturated carbocycles. The average molecular weight is 288 g/mol. The Bertz CT molecular complexity index is 602. The zero-order valence-corrected chi connectivity index (χ0v) is 12.3. The molecule has 21 heavy (non-hydrogen) atoms. The summed E-state index contributed by atoms with van der Waals surface area (Å²) >= 11 is 0. The fourth-order valence-electron chi connectivity index (χ4n) is 1.99. The Morgan fingerprint density at radius 2 is 2.05 bits per heavy atom. The minimum absolute atomic E-state index is 0.256. The third-order valence-electron chi connectivity index (χ3n) is 3.06. The van der Waals surface area contributed by atoms with Crippen LogP contribution in [-0.4, -0.2) is 19.1 Å². The highest BCUT2D eigenvalue weighted by Gasteiger charge is 2.13. The molecule has 0 unspecified atom stereocenters. The highest BCUT2D eigenvalue weighted by molar-refractivity contribution is 6.02. The molecule has 0 saturated heterocycles. The van der Waals surface area contributed by atoms with Crippen molar-refractivity contribution >= 4 is 11.6 Å². The number of aryl methyl sites for hydroxylation is 2. The topological polar surface area (TPSA) is 77.5 Å². The van der Waals surface area contributed by atoms with Crippen LogP contribution in [0.15, 0.2) is 34.7 Å². The van der Waals surface area contributed by atoms with Gasteiger partial charge in [-0.1, -0.05) is 6.92 Å². The number of nitrogens with one attached hydrogen (secondary N) is 1. The molecular formula is C16H20N2O3. The third kappa shape index (κ3) is 3.86. The molecule has 1 aromatic carbocycles. The number of ether oxygens (including phenoxy) is 1. The highest BCUT2D eigenvalue weighted by atomic mass is 16.5. The zero-order chi connectivity index (χ0) is 15.2. The first-order valence-electron chi connectivity index (χ1n) is 6.97. The van der Waals surface area contributed by atoms with E-state index in [2.05, 4.69) is 5.32 Å². The SMILES string of the molecule is CCc1oc(C(=O)Nc2ccc(OCCN)cc2)cc1C. The van der Waals surface area contributed by atoms with Crippen LogP contribution >= 0.6 is 0 Å². The van der Waals surface area contributed by atoms with Crippen molar-refractivity contribution in [1.82, 2.24) is 0 Å². The Hall–Kier alpha value is -2.27. The Kier molecular flexibility index (Phi) is 5.00. The van der Waals surface area contributed by atoms with Crippen molar-refractivity contribution in [2.24, 2.45) is 5.73 Å². The maximum Gasteiger partial charge on any atom is 0.291 e. The van der Waals surface area contributed by atoms with Crippen LogP contribution in [0.1, 0.15) is 28.8 Å². The van der Waals surface area contributed by atoms with E-state index in [0.717, 1.165) is 23.5 Å². The van der Waals surface area contributed by atoms with Crippen molar-refractivity contribution in [1.29, 1.82) is 0 Å². The van der Waals surface area contributed by atoms with Crippen molar-refractivity contribution < 1.29 is 13.9 Å². The molecule has 0 fully saturated rings. The molecular weight excluding hydrogens is 268 g/mol. The minimum Gasteiger partial charge on any atom is -0.492 e. The number of benzene rings is 1. The Morgan fingerprint density at radius 1 is 1.33 bits per heavy atom. The van der Waals surface area contributed by atoms with Gasteiger partial charge >= 0.3 is 0 Å². The largest absolute Gasteiger partial charge is 0.492 e. The van der Waals surface area contributed by atoms with Gasteiger partial charge in [-0.25, -0.2) is 0 Å². The van der Waals surface area contributed by atoms with Gasteiger partial charge in [0.05, 0.1) is 0 Å². The lowest BCUT2D eigenvalue weighted by atomic mass is 10.2. The van der Waals surface area contributed by atoms with Gasteiger partial charge in [0.1, 0.15) is 18.1 Å². The van der Waals surface area contributed by atoms with Crippen molar-refractivity contribution in [2.75, 3.05) is 18.5 Å². The summed E-state index contributed by atoms with van der Waals surface area (Å²) in [6.07, 6.45) is 0.770. The van der Waals surface area contributed by atoms with Crippen molar-refractivity contribution in [3.05, 3.63) is 47.4 Å². The molecule has 1 amide bonds. The maximum atomic E-state index is 12.1. The molecule has 0 radical (unpaired) electrons. The van der Waals surface area contributed by atoms with E-state index in [9.17, 15) is 4.79 Å². The standard InChI is InChI=1S/C16H20N2O3/c1-3-14-11(2)10-15(21-14)16(19)18-12-4-6-13(7-5-12)20-9-8-17/h4-7,10H,3,8-9,17H2,1-2H3,(H,18,19). The fraction of sp³-hybridized carbons (Fsp3) is 0.312. The molecule has 0 aliphatic heterocycles. The predicted octanol–water partition coefficient (Wildman–Crippen LogP) is 2.74. The number of carbonyl (C=O) groups is 1. The first-order valence-corrected chi connectivity index (χ1v) is 6.97.